The molecule has 0 aromatic heterocycles. The molecular formula is C12H16BrFO. The molecule has 1 atom stereocenters. The molecule has 1 nitrogen and oxygen atoms in total. The average Bonchev–Trinajstić information content (AvgIpc) is 2.24. The number of aryl methyl sites for hydroxylation is 1. The van der Waals surface area contributed by atoms with Gasteiger partial charge < -0.3 is 4.74 Å². The first kappa shape index (κ1) is 12.5. The summed E-state index contributed by atoms with van der Waals surface area (Å²) in [5, 5.41) is 0.915. The Morgan fingerprint density at radius 3 is 2.73 bits per heavy atom. The minimum absolute atomic E-state index is 0.209. The van der Waals surface area contributed by atoms with E-state index >= 15 is 0 Å². The fourth-order valence-electron chi connectivity index (χ4n) is 1.15. The molecule has 1 rings (SSSR count). The third-order valence-corrected chi connectivity index (χ3v) is 3.34. The van der Waals surface area contributed by atoms with E-state index in [0.717, 1.165) is 11.8 Å². The Balaban J connectivity index is 2.54. The molecule has 0 saturated carbocycles. The highest BCUT2D eigenvalue weighted by molar-refractivity contribution is 9.09. The van der Waals surface area contributed by atoms with Crippen molar-refractivity contribution in [3.63, 3.8) is 0 Å². The van der Waals surface area contributed by atoms with Gasteiger partial charge >= 0.3 is 0 Å². The second kappa shape index (κ2) is 6.11. The van der Waals surface area contributed by atoms with E-state index < -0.39 is 0 Å². The largest absolute Gasteiger partial charge is 0.493 e. The maximum atomic E-state index is 13.2. The van der Waals surface area contributed by atoms with Crippen LogP contribution < -0.4 is 4.74 Å². The van der Waals surface area contributed by atoms with E-state index in [1.807, 2.05) is 0 Å². The van der Waals surface area contributed by atoms with Crippen LogP contribution in [0.5, 0.6) is 5.75 Å². The molecule has 15 heavy (non-hydrogen) atoms. The lowest BCUT2D eigenvalue weighted by Crippen LogP contribution is -2.12. The number of hydrogen-bond acceptors (Lipinski definition) is 1. The topological polar surface area (TPSA) is 9.23 Å². The number of hydrogen-bond donors (Lipinski definition) is 0. The molecule has 0 spiro atoms. The van der Waals surface area contributed by atoms with E-state index in [-0.39, 0.29) is 5.82 Å². The molecule has 1 aromatic rings. The number of benzene rings is 1. The van der Waals surface area contributed by atoms with Crippen LogP contribution in [0.3, 0.4) is 0 Å². The highest BCUT2D eigenvalue weighted by atomic mass is 79.9. The first-order valence-electron chi connectivity index (χ1n) is 5.12. The van der Waals surface area contributed by atoms with Crippen molar-refractivity contribution >= 4 is 15.9 Å². The minimum atomic E-state index is -0.209. The van der Waals surface area contributed by atoms with Crippen LogP contribution in [-0.2, 0) is 0 Å². The minimum Gasteiger partial charge on any atom is -0.493 e. The van der Waals surface area contributed by atoms with E-state index in [0.29, 0.717) is 23.8 Å². The SMILES string of the molecule is CCC(CBr)COc1ccc(C)c(F)c1. The van der Waals surface area contributed by atoms with Crippen molar-refractivity contribution in [2.24, 2.45) is 5.92 Å². The van der Waals surface area contributed by atoms with Gasteiger partial charge in [-0.1, -0.05) is 28.9 Å². The first-order chi connectivity index (χ1) is 7.17. The van der Waals surface area contributed by atoms with Crippen LogP contribution in [-0.4, -0.2) is 11.9 Å². The lowest BCUT2D eigenvalue weighted by Gasteiger charge is -2.13. The van der Waals surface area contributed by atoms with Gasteiger partial charge in [-0.15, -0.1) is 0 Å². The van der Waals surface area contributed by atoms with Gasteiger partial charge in [-0.05, 0) is 25.0 Å². The van der Waals surface area contributed by atoms with Crippen LogP contribution in [0.2, 0.25) is 0 Å². The molecule has 84 valence electrons. The van der Waals surface area contributed by atoms with Gasteiger partial charge in [-0.3, -0.25) is 0 Å². The van der Waals surface area contributed by atoms with Crippen LogP contribution in [0.1, 0.15) is 18.9 Å². The number of alkyl halides is 1. The Morgan fingerprint density at radius 1 is 1.47 bits per heavy atom. The zero-order chi connectivity index (χ0) is 11.3. The van der Waals surface area contributed by atoms with E-state index in [2.05, 4.69) is 22.9 Å². The van der Waals surface area contributed by atoms with E-state index in [9.17, 15) is 4.39 Å². The zero-order valence-corrected chi connectivity index (χ0v) is 10.7. The summed E-state index contributed by atoms with van der Waals surface area (Å²) in [5.41, 5.74) is 0.648. The summed E-state index contributed by atoms with van der Waals surface area (Å²) >= 11 is 3.42. The molecule has 0 fully saturated rings. The maximum absolute atomic E-state index is 13.2. The summed E-state index contributed by atoms with van der Waals surface area (Å²) in [7, 11) is 0. The summed E-state index contributed by atoms with van der Waals surface area (Å²) in [5.74, 6) is 0.881. The molecule has 1 unspecified atom stereocenters. The van der Waals surface area contributed by atoms with Crippen molar-refractivity contribution in [2.45, 2.75) is 20.3 Å². The Hall–Kier alpha value is -0.570. The van der Waals surface area contributed by atoms with Crippen molar-refractivity contribution in [1.82, 2.24) is 0 Å². The third kappa shape index (κ3) is 3.82. The van der Waals surface area contributed by atoms with Gasteiger partial charge in [-0.25, -0.2) is 4.39 Å². The van der Waals surface area contributed by atoms with Crippen molar-refractivity contribution < 1.29 is 9.13 Å². The second-order valence-electron chi connectivity index (χ2n) is 3.65. The Morgan fingerprint density at radius 2 is 2.20 bits per heavy atom. The highest BCUT2D eigenvalue weighted by Crippen LogP contribution is 2.17. The van der Waals surface area contributed by atoms with Gasteiger partial charge in [0.15, 0.2) is 0 Å². The number of rotatable bonds is 5. The van der Waals surface area contributed by atoms with Crippen LogP contribution in [0.4, 0.5) is 4.39 Å². The molecule has 0 radical (unpaired) electrons. The van der Waals surface area contributed by atoms with Crippen molar-refractivity contribution in [1.29, 1.82) is 0 Å². The summed E-state index contributed by atoms with van der Waals surface area (Å²) in [6.07, 6.45) is 1.06. The molecule has 0 saturated heterocycles. The lowest BCUT2D eigenvalue weighted by molar-refractivity contribution is 0.259. The van der Waals surface area contributed by atoms with E-state index in [1.165, 1.54) is 6.07 Å². The average molecular weight is 275 g/mol. The second-order valence-corrected chi connectivity index (χ2v) is 4.30. The Kier molecular flexibility index (Phi) is 5.09. The zero-order valence-electron chi connectivity index (χ0n) is 9.09. The fraction of sp³-hybridized carbons (Fsp3) is 0.500. The van der Waals surface area contributed by atoms with Gasteiger partial charge in [0.05, 0.1) is 6.61 Å². The molecule has 3 heteroatoms. The van der Waals surface area contributed by atoms with E-state index in [1.54, 1.807) is 19.1 Å². The first-order valence-corrected chi connectivity index (χ1v) is 6.24. The van der Waals surface area contributed by atoms with E-state index in [4.69, 9.17) is 4.74 Å². The molecule has 0 amide bonds. The number of halogens is 2. The maximum Gasteiger partial charge on any atom is 0.129 e. The summed E-state index contributed by atoms with van der Waals surface area (Å²) in [6.45, 7) is 4.49. The molecule has 1 aromatic carbocycles. The molecule has 0 N–H and O–H groups in total. The van der Waals surface area contributed by atoms with Crippen molar-refractivity contribution in [2.75, 3.05) is 11.9 Å². The van der Waals surface area contributed by atoms with Gasteiger partial charge in [-0.2, -0.15) is 0 Å². The normalized spacial score (nSPS) is 12.5. The molecular weight excluding hydrogens is 259 g/mol. The van der Waals surface area contributed by atoms with Gasteiger partial charge in [0.2, 0.25) is 0 Å². The molecule has 0 heterocycles. The van der Waals surface area contributed by atoms with Crippen LogP contribution >= 0.6 is 15.9 Å². The van der Waals surface area contributed by atoms with Gasteiger partial charge in [0.1, 0.15) is 11.6 Å². The van der Waals surface area contributed by atoms with Crippen LogP contribution in [0.15, 0.2) is 18.2 Å². The summed E-state index contributed by atoms with van der Waals surface area (Å²) in [4.78, 5) is 0. The van der Waals surface area contributed by atoms with Gasteiger partial charge in [0.25, 0.3) is 0 Å². The molecule has 0 aliphatic carbocycles. The Bertz CT molecular complexity index is 310. The monoisotopic (exact) mass is 274 g/mol. The van der Waals surface area contributed by atoms with Crippen LogP contribution in [0.25, 0.3) is 0 Å². The third-order valence-electron chi connectivity index (χ3n) is 2.42. The molecule has 0 aliphatic heterocycles. The Labute approximate surface area is 98.8 Å². The molecule has 0 bridgehead atoms. The fourth-order valence-corrected chi connectivity index (χ4v) is 1.79. The highest BCUT2D eigenvalue weighted by Gasteiger charge is 2.06. The van der Waals surface area contributed by atoms with Crippen LogP contribution in [0, 0.1) is 18.7 Å². The summed E-state index contributed by atoms with van der Waals surface area (Å²) in [6, 6.07) is 4.98. The predicted molar refractivity (Wildman–Crippen MR) is 64.2 cm³/mol. The van der Waals surface area contributed by atoms with Crippen molar-refractivity contribution in [3.05, 3.63) is 29.6 Å². The van der Waals surface area contributed by atoms with Gasteiger partial charge in [0, 0.05) is 17.3 Å². The quantitative estimate of drug-likeness (QED) is 0.740. The predicted octanol–water partition coefficient (Wildman–Crippen LogP) is 3.93. The standard InChI is InChI=1S/C12H16BrFO/c1-3-10(7-13)8-15-11-5-4-9(2)12(14)6-11/h4-6,10H,3,7-8H2,1-2H3. The number of ether oxygens (including phenoxy) is 1. The molecule has 0 aliphatic rings. The smallest absolute Gasteiger partial charge is 0.129 e. The van der Waals surface area contributed by atoms with Crippen molar-refractivity contribution in [3.8, 4) is 5.75 Å². The lowest BCUT2D eigenvalue weighted by atomic mass is 10.1. The summed E-state index contributed by atoms with van der Waals surface area (Å²) < 4.78 is 18.7.